The SMILES string of the molecule is CC1(C)OB(c2ccc(OC3CC3)cc2F)OC1(C)C. The summed E-state index contributed by atoms with van der Waals surface area (Å²) in [5.74, 6) is 0.229. The van der Waals surface area contributed by atoms with Crippen molar-refractivity contribution in [2.24, 2.45) is 0 Å². The van der Waals surface area contributed by atoms with Crippen molar-refractivity contribution in [3.05, 3.63) is 24.0 Å². The van der Waals surface area contributed by atoms with Gasteiger partial charge in [-0.25, -0.2) is 4.39 Å². The van der Waals surface area contributed by atoms with E-state index in [2.05, 4.69) is 0 Å². The predicted octanol–water partition coefficient (Wildman–Crippen LogP) is 2.67. The molecular weight excluding hydrogens is 258 g/mol. The topological polar surface area (TPSA) is 27.7 Å². The minimum Gasteiger partial charge on any atom is -0.490 e. The van der Waals surface area contributed by atoms with Crippen LogP contribution in [-0.2, 0) is 9.31 Å². The Balaban J connectivity index is 1.80. The Morgan fingerprint density at radius 2 is 1.75 bits per heavy atom. The van der Waals surface area contributed by atoms with Crippen LogP contribution in [0, 0.1) is 5.82 Å². The molecule has 3 rings (SSSR count). The van der Waals surface area contributed by atoms with Crippen molar-refractivity contribution in [2.45, 2.75) is 57.8 Å². The Labute approximate surface area is 119 Å². The molecule has 0 bridgehead atoms. The third kappa shape index (κ3) is 2.45. The minimum atomic E-state index is -0.671. The fourth-order valence-corrected chi connectivity index (χ4v) is 2.12. The molecule has 0 unspecified atom stereocenters. The van der Waals surface area contributed by atoms with Gasteiger partial charge in [0, 0.05) is 11.5 Å². The van der Waals surface area contributed by atoms with Gasteiger partial charge >= 0.3 is 7.12 Å². The second-order valence-electron chi connectivity index (χ2n) is 6.59. The summed E-state index contributed by atoms with van der Waals surface area (Å²) in [5.41, 5.74) is -0.507. The van der Waals surface area contributed by atoms with E-state index in [4.69, 9.17) is 14.0 Å². The minimum absolute atomic E-state index is 0.261. The van der Waals surface area contributed by atoms with E-state index in [1.165, 1.54) is 6.07 Å². The second kappa shape index (κ2) is 4.47. The highest BCUT2D eigenvalue weighted by molar-refractivity contribution is 6.62. The summed E-state index contributed by atoms with van der Waals surface area (Å²) in [6.07, 6.45) is 2.37. The van der Waals surface area contributed by atoms with Crippen molar-refractivity contribution in [1.29, 1.82) is 0 Å². The summed E-state index contributed by atoms with van der Waals surface area (Å²) in [4.78, 5) is 0. The average Bonchev–Trinajstić information content (AvgIpc) is 3.07. The van der Waals surface area contributed by atoms with Gasteiger partial charge in [-0.3, -0.25) is 0 Å². The molecule has 1 saturated carbocycles. The molecule has 0 N–H and O–H groups in total. The predicted molar refractivity (Wildman–Crippen MR) is 75.8 cm³/mol. The molecule has 1 aliphatic carbocycles. The highest BCUT2D eigenvalue weighted by Crippen LogP contribution is 2.37. The first-order valence-corrected chi connectivity index (χ1v) is 7.10. The molecule has 2 aliphatic rings. The van der Waals surface area contributed by atoms with E-state index in [0.717, 1.165) is 12.8 Å². The quantitative estimate of drug-likeness (QED) is 0.795. The van der Waals surface area contributed by atoms with Gasteiger partial charge in [0.15, 0.2) is 0 Å². The number of ether oxygens (including phenoxy) is 1. The highest BCUT2D eigenvalue weighted by Gasteiger charge is 2.52. The molecule has 1 aromatic rings. The summed E-state index contributed by atoms with van der Waals surface area (Å²) in [6, 6.07) is 4.88. The number of hydrogen-bond acceptors (Lipinski definition) is 3. The Bertz CT molecular complexity index is 510. The smallest absolute Gasteiger partial charge is 0.490 e. The zero-order valence-electron chi connectivity index (χ0n) is 12.4. The molecule has 0 amide bonds. The fraction of sp³-hybridized carbons (Fsp3) is 0.600. The summed E-state index contributed by atoms with van der Waals surface area (Å²) < 4.78 is 31.5. The van der Waals surface area contributed by atoms with Gasteiger partial charge < -0.3 is 14.0 Å². The molecular formula is C15H20BFO3. The van der Waals surface area contributed by atoms with Crippen molar-refractivity contribution in [3.63, 3.8) is 0 Å². The van der Waals surface area contributed by atoms with Crippen LogP contribution in [-0.4, -0.2) is 24.4 Å². The third-order valence-electron chi connectivity index (χ3n) is 4.31. The van der Waals surface area contributed by atoms with E-state index in [1.807, 2.05) is 27.7 Å². The first-order valence-electron chi connectivity index (χ1n) is 7.10. The summed E-state index contributed by atoms with van der Waals surface area (Å²) in [7, 11) is -0.671. The van der Waals surface area contributed by atoms with Crippen molar-refractivity contribution >= 4 is 12.6 Å². The lowest BCUT2D eigenvalue weighted by Crippen LogP contribution is -2.41. The van der Waals surface area contributed by atoms with Gasteiger partial charge in [0.05, 0.1) is 17.3 Å². The van der Waals surface area contributed by atoms with Gasteiger partial charge in [-0.05, 0) is 46.6 Å². The average molecular weight is 278 g/mol. The molecule has 1 aromatic carbocycles. The van der Waals surface area contributed by atoms with Crippen molar-refractivity contribution in [2.75, 3.05) is 0 Å². The molecule has 108 valence electrons. The molecule has 2 fully saturated rings. The van der Waals surface area contributed by atoms with Crippen LogP contribution in [0.25, 0.3) is 0 Å². The maximum atomic E-state index is 14.2. The maximum absolute atomic E-state index is 14.2. The molecule has 0 radical (unpaired) electrons. The first-order chi connectivity index (χ1) is 9.28. The van der Waals surface area contributed by atoms with Gasteiger partial charge in [-0.1, -0.05) is 6.07 Å². The van der Waals surface area contributed by atoms with Crippen LogP contribution in [0.3, 0.4) is 0 Å². The van der Waals surface area contributed by atoms with E-state index < -0.39 is 18.3 Å². The highest BCUT2D eigenvalue weighted by atomic mass is 19.1. The molecule has 0 aromatic heterocycles. The Kier molecular flexibility index (Phi) is 3.10. The van der Waals surface area contributed by atoms with Crippen LogP contribution >= 0.6 is 0 Å². The van der Waals surface area contributed by atoms with E-state index in [1.54, 1.807) is 12.1 Å². The van der Waals surface area contributed by atoms with Crippen LogP contribution in [0.15, 0.2) is 18.2 Å². The zero-order chi connectivity index (χ0) is 14.5. The van der Waals surface area contributed by atoms with E-state index >= 15 is 0 Å². The lowest BCUT2D eigenvalue weighted by atomic mass is 9.78. The monoisotopic (exact) mass is 278 g/mol. The largest absolute Gasteiger partial charge is 0.497 e. The fourth-order valence-electron chi connectivity index (χ4n) is 2.12. The first kappa shape index (κ1) is 13.9. The number of hydrogen-bond donors (Lipinski definition) is 0. The normalized spacial score (nSPS) is 23.9. The lowest BCUT2D eigenvalue weighted by molar-refractivity contribution is 0.00578. The van der Waals surface area contributed by atoms with Crippen molar-refractivity contribution in [1.82, 2.24) is 0 Å². The zero-order valence-corrected chi connectivity index (χ0v) is 12.4. The Morgan fingerprint density at radius 1 is 1.15 bits per heavy atom. The van der Waals surface area contributed by atoms with Crippen LogP contribution in [0.1, 0.15) is 40.5 Å². The summed E-state index contributed by atoms with van der Waals surface area (Å²) >= 11 is 0. The molecule has 1 heterocycles. The van der Waals surface area contributed by atoms with Gasteiger partial charge in [0.25, 0.3) is 0 Å². The molecule has 0 spiro atoms. The molecule has 5 heteroatoms. The van der Waals surface area contributed by atoms with E-state index in [-0.39, 0.29) is 11.9 Å². The van der Waals surface area contributed by atoms with Gasteiger partial charge in [-0.2, -0.15) is 0 Å². The second-order valence-corrected chi connectivity index (χ2v) is 6.59. The van der Waals surface area contributed by atoms with Crippen LogP contribution < -0.4 is 10.2 Å². The van der Waals surface area contributed by atoms with Crippen molar-refractivity contribution < 1.29 is 18.4 Å². The Morgan fingerprint density at radius 3 is 2.25 bits per heavy atom. The number of rotatable bonds is 3. The van der Waals surface area contributed by atoms with Gasteiger partial charge in [-0.15, -0.1) is 0 Å². The number of benzene rings is 1. The van der Waals surface area contributed by atoms with Gasteiger partial charge in [0.1, 0.15) is 11.6 Å². The maximum Gasteiger partial charge on any atom is 0.497 e. The summed E-state index contributed by atoms with van der Waals surface area (Å²) in [6.45, 7) is 7.82. The lowest BCUT2D eigenvalue weighted by Gasteiger charge is -2.32. The van der Waals surface area contributed by atoms with E-state index in [0.29, 0.717) is 11.2 Å². The standard InChI is InChI=1S/C15H20BFO3/c1-14(2)15(3,4)20-16(19-14)12-8-7-11(9-13(12)17)18-10-5-6-10/h7-10H,5-6H2,1-4H3. The molecule has 20 heavy (non-hydrogen) atoms. The van der Waals surface area contributed by atoms with Crippen LogP contribution in [0.5, 0.6) is 5.75 Å². The van der Waals surface area contributed by atoms with Crippen LogP contribution in [0.4, 0.5) is 4.39 Å². The molecule has 1 saturated heterocycles. The summed E-state index contributed by atoms with van der Waals surface area (Å²) in [5, 5.41) is 0. The Hall–Kier alpha value is -1.07. The molecule has 1 aliphatic heterocycles. The molecule has 3 nitrogen and oxygen atoms in total. The van der Waals surface area contributed by atoms with Crippen molar-refractivity contribution in [3.8, 4) is 5.75 Å². The van der Waals surface area contributed by atoms with Gasteiger partial charge in [0.2, 0.25) is 0 Å². The van der Waals surface area contributed by atoms with E-state index in [9.17, 15) is 4.39 Å². The third-order valence-corrected chi connectivity index (χ3v) is 4.31. The molecule has 0 atom stereocenters. The number of halogens is 1. The van der Waals surface area contributed by atoms with Crippen LogP contribution in [0.2, 0.25) is 0 Å².